The van der Waals surface area contributed by atoms with Crippen LogP contribution in [0.25, 0.3) is 12.2 Å². The first kappa shape index (κ1) is 9.93. The zero-order valence-corrected chi connectivity index (χ0v) is 8.90. The highest BCUT2D eigenvalue weighted by molar-refractivity contribution is 6.30. The third kappa shape index (κ3) is 2.67. The summed E-state index contributed by atoms with van der Waals surface area (Å²) < 4.78 is 4.94. The number of aromatic nitrogens is 2. The maximum Gasteiger partial charge on any atom is 0.250 e. The monoisotopic (exact) mass is 220 g/mol. The Hall–Kier alpha value is -1.61. The lowest BCUT2D eigenvalue weighted by molar-refractivity contribution is 0.405. The van der Waals surface area contributed by atoms with Gasteiger partial charge in [0.25, 0.3) is 5.89 Å². The average Bonchev–Trinajstić information content (AvgIpc) is 2.64. The van der Waals surface area contributed by atoms with E-state index in [2.05, 4.69) is 10.1 Å². The lowest BCUT2D eigenvalue weighted by Gasteiger charge is -1.91. The molecule has 0 N–H and O–H groups in total. The fourth-order valence-corrected chi connectivity index (χ4v) is 1.25. The van der Waals surface area contributed by atoms with Gasteiger partial charge >= 0.3 is 0 Å². The van der Waals surface area contributed by atoms with E-state index in [4.69, 9.17) is 16.1 Å². The van der Waals surface area contributed by atoms with Crippen LogP contribution in [-0.4, -0.2) is 10.1 Å². The molecule has 0 unspecified atom stereocenters. The van der Waals surface area contributed by atoms with Gasteiger partial charge in [-0.2, -0.15) is 4.98 Å². The second-order valence-corrected chi connectivity index (χ2v) is 3.50. The van der Waals surface area contributed by atoms with Crippen LogP contribution in [0.15, 0.2) is 28.8 Å². The van der Waals surface area contributed by atoms with E-state index in [0.717, 1.165) is 10.6 Å². The maximum atomic E-state index is 5.77. The molecule has 0 spiro atoms. The number of hydrogen-bond acceptors (Lipinski definition) is 3. The van der Waals surface area contributed by atoms with E-state index in [1.54, 1.807) is 13.0 Å². The Balaban J connectivity index is 2.14. The molecule has 1 heterocycles. The Labute approximate surface area is 92.4 Å². The molecule has 0 aliphatic heterocycles. The maximum absolute atomic E-state index is 5.77. The molecule has 2 rings (SSSR count). The minimum Gasteiger partial charge on any atom is -0.335 e. The topological polar surface area (TPSA) is 38.9 Å². The van der Waals surface area contributed by atoms with Crippen LogP contribution in [0, 0.1) is 6.92 Å². The second kappa shape index (κ2) is 4.28. The predicted molar refractivity (Wildman–Crippen MR) is 59.4 cm³/mol. The summed E-state index contributed by atoms with van der Waals surface area (Å²) >= 11 is 5.77. The van der Waals surface area contributed by atoms with E-state index >= 15 is 0 Å². The molecule has 0 radical (unpaired) electrons. The van der Waals surface area contributed by atoms with Crippen molar-refractivity contribution in [2.24, 2.45) is 0 Å². The molecular formula is C11H9ClN2O. The van der Waals surface area contributed by atoms with Crippen molar-refractivity contribution >= 4 is 23.8 Å². The van der Waals surface area contributed by atoms with E-state index in [1.807, 2.05) is 30.3 Å². The van der Waals surface area contributed by atoms with Gasteiger partial charge in [-0.25, -0.2) is 0 Å². The summed E-state index contributed by atoms with van der Waals surface area (Å²) in [6, 6.07) is 7.50. The molecule has 76 valence electrons. The molecule has 2 aromatic rings. The molecular weight excluding hydrogens is 212 g/mol. The Morgan fingerprint density at radius 3 is 2.53 bits per heavy atom. The van der Waals surface area contributed by atoms with Gasteiger partial charge in [-0.05, 0) is 30.7 Å². The highest BCUT2D eigenvalue weighted by atomic mass is 35.5. The van der Waals surface area contributed by atoms with Crippen LogP contribution in [0.3, 0.4) is 0 Å². The van der Waals surface area contributed by atoms with Crippen molar-refractivity contribution < 1.29 is 4.52 Å². The lowest BCUT2D eigenvalue weighted by Crippen LogP contribution is -1.73. The van der Waals surface area contributed by atoms with E-state index in [-0.39, 0.29) is 0 Å². The Morgan fingerprint density at radius 2 is 1.93 bits per heavy atom. The number of rotatable bonds is 2. The first-order valence-corrected chi connectivity index (χ1v) is 4.86. The van der Waals surface area contributed by atoms with Crippen LogP contribution >= 0.6 is 11.6 Å². The van der Waals surface area contributed by atoms with Crippen molar-refractivity contribution in [2.75, 3.05) is 0 Å². The second-order valence-electron chi connectivity index (χ2n) is 3.06. The highest BCUT2D eigenvalue weighted by Crippen LogP contribution is 2.11. The molecule has 0 bridgehead atoms. The molecule has 0 saturated heterocycles. The summed E-state index contributed by atoms with van der Waals surface area (Å²) in [5, 5.41) is 4.41. The highest BCUT2D eigenvalue weighted by Gasteiger charge is 1.96. The van der Waals surface area contributed by atoms with Crippen LogP contribution in [0.4, 0.5) is 0 Å². The summed E-state index contributed by atoms with van der Waals surface area (Å²) in [5.41, 5.74) is 1.04. The van der Waals surface area contributed by atoms with E-state index < -0.39 is 0 Å². The molecule has 0 fully saturated rings. The van der Waals surface area contributed by atoms with Crippen molar-refractivity contribution in [1.29, 1.82) is 0 Å². The average molecular weight is 221 g/mol. The number of aryl methyl sites for hydroxylation is 1. The number of benzene rings is 1. The zero-order valence-electron chi connectivity index (χ0n) is 8.14. The number of halogens is 1. The van der Waals surface area contributed by atoms with Gasteiger partial charge in [-0.3, -0.25) is 0 Å². The summed E-state index contributed by atoms with van der Waals surface area (Å²) in [6.45, 7) is 1.78. The first-order chi connectivity index (χ1) is 7.24. The Morgan fingerprint density at radius 1 is 1.20 bits per heavy atom. The fraction of sp³-hybridized carbons (Fsp3) is 0.0909. The Kier molecular flexibility index (Phi) is 2.83. The lowest BCUT2D eigenvalue weighted by atomic mass is 10.2. The normalized spacial score (nSPS) is 11.1. The molecule has 1 aromatic heterocycles. The summed E-state index contributed by atoms with van der Waals surface area (Å²) in [5.74, 6) is 1.13. The van der Waals surface area contributed by atoms with Gasteiger partial charge in [-0.15, -0.1) is 0 Å². The van der Waals surface area contributed by atoms with E-state index in [1.165, 1.54) is 0 Å². The van der Waals surface area contributed by atoms with Crippen LogP contribution in [-0.2, 0) is 0 Å². The third-order valence-electron chi connectivity index (χ3n) is 1.83. The molecule has 0 atom stereocenters. The van der Waals surface area contributed by atoms with Crippen molar-refractivity contribution in [3.63, 3.8) is 0 Å². The van der Waals surface area contributed by atoms with Gasteiger partial charge in [-0.1, -0.05) is 28.9 Å². The zero-order chi connectivity index (χ0) is 10.7. The fourth-order valence-electron chi connectivity index (χ4n) is 1.12. The van der Waals surface area contributed by atoms with Gasteiger partial charge in [0, 0.05) is 11.1 Å². The Bertz CT molecular complexity index is 474. The predicted octanol–water partition coefficient (Wildman–Crippen LogP) is 3.20. The van der Waals surface area contributed by atoms with Gasteiger partial charge in [0.05, 0.1) is 0 Å². The van der Waals surface area contributed by atoms with Crippen LogP contribution in [0.1, 0.15) is 17.3 Å². The molecule has 1 aromatic carbocycles. The molecule has 0 aliphatic rings. The molecule has 3 nitrogen and oxygen atoms in total. The molecule has 0 aliphatic carbocycles. The largest absolute Gasteiger partial charge is 0.335 e. The standard InChI is InChI=1S/C11H9ClN2O/c1-8-13-11(15-14-8)7-4-9-2-5-10(12)6-3-9/h2-7H,1H3/b7-4+. The van der Waals surface area contributed by atoms with E-state index in [9.17, 15) is 0 Å². The van der Waals surface area contributed by atoms with Crippen molar-refractivity contribution in [3.8, 4) is 0 Å². The quantitative estimate of drug-likeness (QED) is 0.780. The molecule has 15 heavy (non-hydrogen) atoms. The molecule has 0 amide bonds. The number of hydrogen-bond donors (Lipinski definition) is 0. The molecule has 0 saturated carbocycles. The summed E-state index contributed by atoms with van der Waals surface area (Å²) in [7, 11) is 0. The van der Waals surface area contributed by atoms with Crippen molar-refractivity contribution in [2.45, 2.75) is 6.92 Å². The smallest absolute Gasteiger partial charge is 0.250 e. The van der Waals surface area contributed by atoms with Crippen LogP contribution in [0.2, 0.25) is 5.02 Å². The molecule has 4 heteroatoms. The van der Waals surface area contributed by atoms with Gasteiger partial charge in [0.2, 0.25) is 0 Å². The van der Waals surface area contributed by atoms with E-state index in [0.29, 0.717) is 11.7 Å². The van der Waals surface area contributed by atoms with Crippen LogP contribution < -0.4 is 0 Å². The summed E-state index contributed by atoms with van der Waals surface area (Å²) in [6.07, 6.45) is 3.66. The van der Waals surface area contributed by atoms with Crippen LogP contribution in [0.5, 0.6) is 0 Å². The summed E-state index contributed by atoms with van der Waals surface area (Å²) in [4.78, 5) is 4.05. The van der Waals surface area contributed by atoms with Crippen molar-refractivity contribution in [1.82, 2.24) is 10.1 Å². The first-order valence-electron chi connectivity index (χ1n) is 4.48. The van der Waals surface area contributed by atoms with Gasteiger partial charge < -0.3 is 4.52 Å². The number of nitrogens with zero attached hydrogens (tertiary/aromatic N) is 2. The third-order valence-corrected chi connectivity index (χ3v) is 2.08. The SMILES string of the molecule is Cc1noc(/C=C/c2ccc(Cl)cc2)n1. The van der Waals surface area contributed by atoms with Crippen molar-refractivity contribution in [3.05, 3.63) is 46.6 Å². The van der Waals surface area contributed by atoms with Gasteiger partial charge in [0.1, 0.15) is 0 Å². The van der Waals surface area contributed by atoms with Gasteiger partial charge in [0.15, 0.2) is 5.82 Å². The minimum absolute atomic E-state index is 0.502. The minimum atomic E-state index is 0.502.